The maximum atomic E-state index is 13.9. The molecule has 2 aliphatic heterocycles. The van der Waals surface area contributed by atoms with E-state index < -0.39 is 11.5 Å². The van der Waals surface area contributed by atoms with E-state index in [9.17, 15) is 9.59 Å². The summed E-state index contributed by atoms with van der Waals surface area (Å²) in [5, 5.41) is 1.86. The molecule has 5 nitrogen and oxygen atoms in total. The van der Waals surface area contributed by atoms with Crippen LogP contribution in [0.5, 0.6) is 0 Å². The van der Waals surface area contributed by atoms with Gasteiger partial charge in [-0.05, 0) is 62.4 Å². The zero-order chi connectivity index (χ0) is 20.8. The Bertz CT molecular complexity index is 923. The monoisotopic (exact) mass is 392 g/mol. The molecule has 1 amide bonds. The van der Waals surface area contributed by atoms with Gasteiger partial charge in [-0.25, -0.2) is 0 Å². The van der Waals surface area contributed by atoms with Crippen LogP contribution >= 0.6 is 0 Å². The van der Waals surface area contributed by atoms with Gasteiger partial charge in [0.25, 0.3) is 0 Å². The van der Waals surface area contributed by atoms with Crippen molar-refractivity contribution in [3.8, 4) is 0 Å². The van der Waals surface area contributed by atoms with Crippen molar-refractivity contribution in [1.29, 1.82) is 0 Å². The summed E-state index contributed by atoms with van der Waals surface area (Å²) in [6.45, 7) is 7.29. The first kappa shape index (κ1) is 19.8. The van der Waals surface area contributed by atoms with E-state index in [1.165, 1.54) is 0 Å². The SMILES string of the molecule is CON1CCC2(CC1)C(=O)C(c1c(C)cc(C)cc1C)C(=O)N2c1ccccc1. The Kier molecular flexibility index (Phi) is 5.05. The minimum atomic E-state index is -0.818. The van der Waals surface area contributed by atoms with E-state index in [0.29, 0.717) is 25.9 Å². The first-order chi connectivity index (χ1) is 13.9. The Labute approximate surface area is 172 Å². The number of hydroxylamine groups is 2. The number of carbonyl (C=O) groups excluding carboxylic acids is 2. The molecule has 2 saturated heterocycles. The molecule has 2 aromatic rings. The predicted molar refractivity (Wildman–Crippen MR) is 113 cm³/mol. The van der Waals surface area contributed by atoms with Gasteiger partial charge in [-0.15, -0.1) is 0 Å². The van der Waals surface area contributed by atoms with Crippen LogP contribution in [0.3, 0.4) is 0 Å². The molecule has 0 aromatic heterocycles. The number of ketones is 1. The third-order valence-electron chi connectivity index (χ3n) is 6.47. The summed E-state index contributed by atoms with van der Waals surface area (Å²) in [4.78, 5) is 34.9. The highest BCUT2D eigenvalue weighted by Gasteiger charge is 2.60. The third-order valence-corrected chi connectivity index (χ3v) is 6.47. The molecule has 29 heavy (non-hydrogen) atoms. The Morgan fingerprint density at radius 2 is 1.55 bits per heavy atom. The number of carbonyl (C=O) groups is 2. The minimum absolute atomic E-state index is 0.0251. The van der Waals surface area contributed by atoms with Crippen LogP contribution in [0, 0.1) is 20.8 Å². The van der Waals surface area contributed by atoms with Gasteiger partial charge in [0.1, 0.15) is 11.5 Å². The first-order valence-electron chi connectivity index (χ1n) is 10.2. The number of benzene rings is 2. The van der Waals surface area contributed by atoms with E-state index in [1.54, 1.807) is 12.0 Å². The molecule has 0 aliphatic carbocycles. The highest BCUT2D eigenvalue weighted by molar-refractivity contribution is 6.25. The van der Waals surface area contributed by atoms with Crippen molar-refractivity contribution in [2.45, 2.75) is 45.1 Å². The lowest BCUT2D eigenvalue weighted by Gasteiger charge is -2.42. The summed E-state index contributed by atoms with van der Waals surface area (Å²) < 4.78 is 0. The molecule has 0 N–H and O–H groups in total. The number of hydrogen-bond acceptors (Lipinski definition) is 4. The molecule has 152 valence electrons. The van der Waals surface area contributed by atoms with Crippen molar-refractivity contribution in [2.75, 3.05) is 25.1 Å². The number of rotatable bonds is 3. The van der Waals surface area contributed by atoms with Crippen LogP contribution in [0.15, 0.2) is 42.5 Å². The maximum absolute atomic E-state index is 13.9. The van der Waals surface area contributed by atoms with E-state index >= 15 is 0 Å². The van der Waals surface area contributed by atoms with Gasteiger partial charge in [0.15, 0.2) is 5.78 Å². The molecule has 0 radical (unpaired) electrons. The van der Waals surface area contributed by atoms with E-state index in [2.05, 4.69) is 12.1 Å². The number of nitrogens with zero attached hydrogens (tertiary/aromatic N) is 2. The lowest BCUT2D eigenvalue weighted by atomic mass is 9.78. The van der Waals surface area contributed by atoms with E-state index in [4.69, 9.17) is 4.84 Å². The number of hydrogen-bond donors (Lipinski definition) is 0. The average Bonchev–Trinajstić information content (AvgIpc) is 2.90. The second-order valence-corrected chi connectivity index (χ2v) is 8.26. The van der Waals surface area contributed by atoms with Gasteiger partial charge in [-0.3, -0.25) is 14.5 Å². The van der Waals surface area contributed by atoms with Crippen LogP contribution in [-0.2, 0) is 14.4 Å². The zero-order valence-corrected chi connectivity index (χ0v) is 17.6. The van der Waals surface area contributed by atoms with E-state index in [1.807, 2.05) is 56.2 Å². The molecular formula is C24H28N2O3. The third kappa shape index (κ3) is 3.09. The largest absolute Gasteiger partial charge is 0.302 e. The van der Waals surface area contributed by atoms with Crippen LogP contribution in [0.4, 0.5) is 5.69 Å². The molecular weight excluding hydrogens is 364 g/mol. The Balaban J connectivity index is 1.85. The van der Waals surface area contributed by atoms with Crippen molar-refractivity contribution >= 4 is 17.4 Å². The fraction of sp³-hybridized carbons (Fsp3) is 0.417. The molecule has 2 aromatic carbocycles. The van der Waals surface area contributed by atoms with Crippen LogP contribution in [0.25, 0.3) is 0 Å². The number of aryl methyl sites for hydroxylation is 3. The van der Waals surface area contributed by atoms with Crippen LogP contribution in [0.1, 0.15) is 41.0 Å². The van der Waals surface area contributed by atoms with Crippen LogP contribution < -0.4 is 4.90 Å². The minimum Gasteiger partial charge on any atom is -0.302 e. The molecule has 4 rings (SSSR count). The van der Waals surface area contributed by atoms with Crippen LogP contribution in [-0.4, -0.2) is 42.5 Å². The first-order valence-corrected chi connectivity index (χ1v) is 10.2. The fourth-order valence-corrected chi connectivity index (χ4v) is 5.19. The lowest BCUT2D eigenvalue weighted by molar-refractivity contribution is -0.155. The molecule has 5 heteroatoms. The summed E-state index contributed by atoms with van der Waals surface area (Å²) >= 11 is 0. The van der Waals surface area contributed by atoms with Crippen molar-refractivity contribution in [2.24, 2.45) is 0 Å². The van der Waals surface area contributed by atoms with E-state index in [-0.39, 0.29) is 11.7 Å². The molecule has 2 aliphatic rings. The molecule has 2 fully saturated rings. The second kappa shape index (κ2) is 7.39. The summed E-state index contributed by atoms with van der Waals surface area (Å²) in [5.41, 5.74) is 4.01. The van der Waals surface area contributed by atoms with Gasteiger partial charge in [-0.1, -0.05) is 35.9 Å². The Morgan fingerprint density at radius 3 is 2.10 bits per heavy atom. The molecule has 1 unspecified atom stereocenters. The molecule has 1 spiro atoms. The van der Waals surface area contributed by atoms with Gasteiger partial charge in [0, 0.05) is 18.8 Å². The average molecular weight is 392 g/mol. The Hall–Kier alpha value is -2.50. The lowest BCUT2D eigenvalue weighted by Crippen LogP contribution is -2.56. The molecule has 0 saturated carbocycles. The number of para-hydroxylation sites is 1. The normalized spacial score (nSPS) is 21.9. The summed E-state index contributed by atoms with van der Waals surface area (Å²) in [6, 6.07) is 13.7. The van der Waals surface area contributed by atoms with Crippen molar-refractivity contribution in [3.05, 3.63) is 64.7 Å². The topological polar surface area (TPSA) is 49.9 Å². The predicted octanol–water partition coefficient (Wildman–Crippen LogP) is 3.71. The zero-order valence-electron chi connectivity index (χ0n) is 17.6. The van der Waals surface area contributed by atoms with Gasteiger partial charge < -0.3 is 4.84 Å². The number of Topliss-reactive ketones (excluding diaryl/α,β-unsaturated/α-hetero) is 1. The molecule has 0 bridgehead atoms. The number of piperidine rings is 1. The summed E-state index contributed by atoms with van der Waals surface area (Å²) in [5.74, 6) is -0.829. The summed E-state index contributed by atoms with van der Waals surface area (Å²) in [6.07, 6.45) is 1.14. The summed E-state index contributed by atoms with van der Waals surface area (Å²) in [7, 11) is 1.65. The second-order valence-electron chi connectivity index (χ2n) is 8.26. The number of anilines is 1. The van der Waals surface area contributed by atoms with Crippen molar-refractivity contribution in [1.82, 2.24) is 5.06 Å². The molecule has 1 atom stereocenters. The maximum Gasteiger partial charge on any atom is 0.243 e. The van der Waals surface area contributed by atoms with Crippen molar-refractivity contribution in [3.63, 3.8) is 0 Å². The highest BCUT2D eigenvalue weighted by Crippen LogP contribution is 2.46. The fourth-order valence-electron chi connectivity index (χ4n) is 5.19. The molecule has 2 heterocycles. The van der Waals surface area contributed by atoms with E-state index in [0.717, 1.165) is 27.9 Å². The van der Waals surface area contributed by atoms with Gasteiger partial charge in [-0.2, -0.15) is 5.06 Å². The highest BCUT2D eigenvalue weighted by atomic mass is 16.7. The Morgan fingerprint density at radius 1 is 0.966 bits per heavy atom. The number of amides is 1. The smallest absolute Gasteiger partial charge is 0.243 e. The standard InChI is InChI=1S/C24H28N2O3/c1-16-14-17(2)20(18(3)15-16)21-22(27)24(10-12-25(29-4)13-11-24)26(23(21)28)19-8-6-5-7-9-19/h5-9,14-15,21H,10-13H2,1-4H3. The van der Waals surface area contributed by atoms with Gasteiger partial charge in [0.2, 0.25) is 5.91 Å². The van der Waals surface area contributed by atoms with Crippen molar-refractivity contribution < 1.29 is 14.4 Å². The van der Waals surface area contributed by atoms with Gasteiger partial charge in [0.05, 0.1) is 7.11 Å². The van der Waals surface area contributed by atoms with Crippen LogP contribution in [0.2, 0.25) is 0 Å². The quantitative estimate of drug-likeness (QED) is 0.748. The van der Waals surface area contributed by atoms with Gasteiger partial charge >= 0.3 is 0 Å².